The van der Waals surface area contributed by atoms with E-state index in [1.54, 1.807) is 13.2 Å². The average Bonchev–Trinajstić information content (AvgIpc) is 3.30. The lowest BCUT2D eigenvalue weighted by molar-refractivity contribution is -0.117. The van der Waals surface area contributed by atoms with Crippen molar-refractivity contribution in [3.05, 3.63) is 88.5 Å². The number of methoxy groups -OCH3 is 1. The first kappa shape index (κ1) is 25.6. The van der Waals surface area contributed by atoms with Crippen molar-refractivity contribution in [2.45, 2.75) is 58.3 Å². The number of fused-ring (bicyclic) bond motifs is 1. The highest BCUT2D eigenvalue weighted by Crippen LogP contribution is 2.38. The van der Waals surface area contributed by atoms with Crippen LogP contribution >= 0.6 is 0 Å². The molecule has 1 aromatic heterocycles. The smallest absolute Gasteiger partial charge is 0.168 e. The fourth-order valence-corrected chi connectivity index (χ4v) is 5.48. The van der Waals surface area contributed by atoms with E-state index in [1.807, 2.05) is 62.4 Å². The summed E-state index contributed by atoms with van der Waals surface area (Å²) in [4.78, 5) is 31.0. The van der Waals surface area contributed by atoms with Gasteiger partial charge in [-0.1, -0.05) is 55.4 Å². The van der Waals surface area contributed by atoms with Crippen molar-refractivity contribution in [3.63, 3.8) is 0 Å². The summed E-state index contributed by atoms with van der Waals surface area (Å²) in [6, 6.07) is 17.2. The summed E-state index contributed by atoms with van der Waals surface area (Å²) >= 11 is 0. The lowest BCUT2D eigenvalue weighted by atomic mass is 9.73. The van der Waals surface area contributed by atoms with Gasteiger partial charge in [0.2, 0.25) is 0 Å². The van der Waals surface area contributed by atoms with Gasteiger partial charge in [-0.2, -0.15) is 0 Å². The van der Waals surface area contributed by atoms with Crippen LogP contribution in [0.15, 0.2) is 75.4 Å². The first-order valence-electron chi connectivity index (χ1n) is 13.0. The van der Waals surface area contributed by atoms with Crippen molar-refractivity contribution in [1.82, 2.24) is 5.16 Å². The Bertz CT molecular complexity index is 1430. The molecule has 196 valence electrons. The Balaban J connectivity index is 1.39. The van der Waals surface area contributed by atoms with Gasteiger partial charge in [0.05, 0.1) is 35.3 Å². The van der Waals surface area contributed by atoms with Gasteiger partial charge >= 0.3 is 0 Å². The molecule has 1 saturated carbocycles. The van der Waals surface area contributed by atoms with Crippen LogP contribution in [0.4, 0.5) is 5.69 Å². The average molecular weight is 513 g/mol. The Hall–Kier alpha value is -4.00. The molecular formula is C31H32N2O5. The molecule has 38 heavy (non-hydrogen) atoms. The van der Waals surface area contributed by atoms with E-state index >= 15 is 0 Å². The Morgan fingerprint density at radius 1 is 1.08 bits per heavy atom. The number of carbonyl (C=O) groups is 2. The normalized spacial score (nSPS) is 21.3. The molecule has 1 atom stereocenters. The molecule has 7 nitrogen and oxygen atoms in total. The number of aryl methyl sites for hydroxylation is 1. The summed E-state index contributed by atoms with van der Waals surface area (Å²) in [5, 5.41) is 15.3. The predicted molar refractivity (Wildman–Crippen MR) is 144 cm³/mol. The zero-order valence-electron chi connectivity index (χ0n) is 22.0. The summed E-state index contributed by atoms with van der Waals surface area (Å²) in [5.41, 5.74) is 3.36. The van der Waals surface area contributed by atoms with Crippen LogP contribution in [-0.2, 0) is 17.6 Å². The van der Waals surface area contributed by atoms with Crippen LogP contribution in [0, 0.1) is 5.41 Å². The van der Waals surface area contributed by atoms with Crippen LogP contribution in [0.3, 0.4) is 0 Å². The monoisotopic (exact) mass is 512 g/mol. The van der Waals surface area contributed by atoms with Gasteiger partial charge in [-0.05, 0) is 35.4 Å². The van der Waals surface area contributed by atoms with Gasteiger partial charge in [-0.25, -0.2) is 0 Å². The number of benzene rings is 2. The second-order valence-corrected chi connectivity index (χ2v) is 10.9. The highest BCUT2D eigenvalue weighted by Gasteiger charge is 2.37. The molecule has 3 aromatic rings. The Kier molecular flexibility index (Phi) is 7.02. The highest BCUT2D eigenvalue weighted by molar-refractivity contribution is 6.25. The van der Waals surface area contributed by atoms with E-state index in [2.05, 4.69) is 5.16 Å². The Labute approximate surface area is 222 Å². The fourth-order valence-electron chi connectivity index (χ4n) is 5.48. The summed E-state index contributed by atoms with van der Waals surface area (Å²) in [5.74, 6) is 1.15. The maximum atomic E-state index is 13.2. The third-order valence-electron chi connectivity index (χ3n) is 7.30. The molecule has 0 saturated heterocycles. The number of aliphatic hydroxyl groups is 1. The Morgan fingerprint density at radius 2 is 1.87 bits per heavy atom. The van der Waals surface area contributed by atoms with Gasteiger partial charge in [-0.15, -0.1) is 0 Å². The molecule has 0 spiro atoms. The highest BCUT2D eigenvalue weighted by atomic mass is 16.5. The van der Waals surface area contributed by atoms with Gasteiger partial charge in [-0.3, -0.25) is 14.6 Å². The van der Waals surface area contributed by atoms with Crippen LogP contribution in [0.2, 0.25) is 0 Å². The van der Waals surface area contributed by atoms with E-state index in [0.717, 1.165) is 5.56 Å². The molecule has 5 rings (SSSR count). The van der Waals surface area contributed by atoms with Gasteiger partial charge in [0.1, 0.15) is 17.3 Å². The summed E-state index contributed by atoms with van der Waals surface area (Å²) in [6.45, 7) is 4.05. The standard InChI is InChI=1S/C31H32N2O5/c1-31(2)17-24(32-21-10-7-11-22(16-21)37-3)29(27(36)18-31)25(34)13-12-23-30-26(35)14-20(15-28(30)38-33-23)19-8-5-4-6-9-19/h4-11,16,20,34H,12-15,17-18H2,1-3H3. The lowest BCUT2D eigenvalue weighted by Crippen LogP contribution is -2.32. The molecule has 2 aliphatic rings. The lowest BCUT2D eigenvalue weighted by Gasteiger charge is -2.31. The molecule has 2 aromatic carbocycles. The molecule has 0 aliphatic heterocycles. The summed E-state index contributed by atoms with van der Waals surface area (Å²) < 4.78 is 10.9. The van der Waals surface area contributed by atoms with Gasteiger partial charge in [0, 0.05) is 38.2 Å². The Morgan fingerprint density at radius 3 is 2.63 bits per heavy atom. The van der Waals surface area contributed by atoms with Gasteiger partial charge in [0.25, 0.3) is 0 Å². The van der Waals surface area contributed by atoms with E-state index in [4.69, 9.17) is 14.3 Å². The van der Waals surface area contributed by atoms with E-state index in [0.29, 0.717) is 66.3 Å². The molecule has 7 heteroatoms. The number of ether oxygens (including phenoxy) is 1. The predicted octanol–water partition coefficient (Wildman–Crippen LogP) is 6.50. The van der Waals surface area contributed by atoms with E-state index in [-0.39, 0.29) is 40.7 Å². The zero-order valence-corrected chi connectivity index (χ0v) is 22.0. The minimum atomic E-state index is -0.272. The third-order valence-corrected chi connectivity index (χ3v) is 7.30. The number of aliphatic imine (C=N–C) groups is 1. The number of aromatic nitrogens is 1. The van der Waals surface area contributed by atoms with E-state index in [9.17, 15) is 14.7 Å². The minimum Gasteiger partial charge on any atom is -0.511 e. The first-order chi connectivity index (χ1) is 18.2. The SMILES string of the molecule is COc1cccc(N=C2CC(C)(C)CC(=O)C2=C(O)CCc2noc3c2C(=O)CC(c2ccccc2)C3)c1. The fraction of sp³-hybridized carbons (Fsp3) is 0.355. The number of hydrogen-bond acceptors (Lipinski definition) is 7. The minimum absolute atomic E-state index is 0.000681. The maximum absolute atomic E-state index is 13.2. The van der Waals surface area contributed by atoms with Crippen LogP contribution in [0.25, 0.3) is 0 Å². The second-order valence-electron chi connectivity index (χ2n) is 10.9. The number of allylic oxidation sites excluding steroid dienone is 2. The van der Waals surface area contributed by atoms with Crippen molar-refractivity contribution < 1.29 is 24.0 Å². The molecule has 1 N–H and O–H groups in total. The molecule has 1 fully saturated rings. The van der Waals surface area contributed by atoms with Crippen molar-refractivity contribution in [3.8, 4) is 5.75 Å². The number of Topliss-reactive ketones (excluding diaryl/α,β-unsaturated/α-hetero) is 2. The quantitative estimate of drug-likeness (QED) is 0.299. The molecule has 0 amide bonds. The van der Waals surface area contributed by atoms with E-state index in [1.165, 1.54) is 0 Å². The van der Waals surface area contributed by atoms with Crippen molar-refractivity contribution in [2.75, 3.05) is 7.11 Å². The number of nitrogens with zero attached hydrogens (tertiary/aromatic N) is 2. The van der Waals surface area contributed by atoms with Crippen molar-refractivity contribution in [2.24, 2.45) is 10.4 Å². The zero-order chi connectivity index (χ0) is 26.9. The van der Waals surface area contributed by atoms with Gasteiger partial charge < -0.3 is 14.4 Å². The summed E-state index contributed by atoms with van der Waals surface area (Å²) in [6.07, 6.45) is 2.32. The van der Waals surface area contributed by atoms with Crippen LogP contribution < -0.4 is 4.74 Å². The maximum Gasteiger partial charge on any atom is 0.168 e. The van der Waals surface area contributed by atoms with E-state index < -0.39 is 0 Å². The van der Waals surface area contributed by atoms with Crippen molar-refractivity contribution >= 4 is 23.0 Å². The topological polar surface area (TPSA) is 102 Å². The third kappa shape index (κ3) is 5.32. The number of ketones is 2. The molecular weight excluding hydrogens is 480 g/mol. The second kappa shape index (κ2) is 10.4. The summed E-state index contributed by atoms with van der Waals surface area (Å²) in [7, 11) is 1.59. The van der Waals surface area contributed by atoms with Crippen molar-refractivity contribution in [1.29, 1.82) is 0 Å². The first-order valence-corrected chi connectivity index (χ1v) is 13.0. The largest absolute Gasteiger partial charge is 0.511 e. The number of rotatable bonds is 6. The van der Waals surface area contributed by atoms with Crippen LogP contribution in [-0.4, -0.2) is 34.7 Å². The molecule has 0 bridgehead atoms. The molecule has 2 aliphatic carbocycles. The van der Waals surface area contributed by atoms with Crippen LogP contribution in [0.5, 0.6) is 5.75 Å². The van der Waals surface area contributed by atoms with Gasteiger partial charge in [0.15, 0.2) is 11.6 Å². The molecule has 1 heterocycles. The number of carbonyl (C=O) groups excluding carboxylic acids is 2. The number of aliphatic hydroxyl groups excluding tert-OH is 1. The molecule has 0 radical (unpaired) electrons. The van der Waals surface area contributed by atoms with Crippen LogP contribution in [0.1, 0.15) is 72.8 Å². The molecule has 1 unspecified atom stereocenters. The number of hydrogen-bond donors (Lipinski definition) is 1.